The molecule has 2 aliphatic carbocycles. The van der Waals surface area contributed by atoms with Crippen LogP contribution in [0.3, 0.4) is 0 Å². The number of carbonyl (C=O) groups is 2. The largest absolute Gasteiger partial charge is 0.481 e. The summed E-state index contributed by atoms with van der Waals surface area (Å²) in [7, 11) is 0. The highest BCUT2D eigenvalue weighted by Gasteiger charge is 2.28. The smallest absolute Gasteiger partial charge is 0.309 e. The molecule has 0 aromatic rings. The monoisotopic (exact) mass is 444 g/mol. The SMILES string of the molecule is CC(C)(CCCC1=CC=C(C=CC2=CC=C(CCCC(C)(C)C(=O)O)C2O)C1O)C(=O)O. The molecule has 0 spiro atoms. The lowest BCUT2D eigenvalue weighted by Crippen LogP contribution is -2.23. The summed E-state index contributed by atoms with van der Waals surface area (Å²) in [6, 6.07) is 0. The Balaban J connectivity index is 1.80. The highest BCUT2D eigenvalue weighted by Crippen LogP contribution is 2.32. The number of aliphatic carboxylic acids is 2. The molecule has 0 aromatic heterocycles. The molecule has 2 atom stereocenters. The number of hydrogen-bond donors (Lipinski definition) is 4. The van der Waals surface area contributed by atoms with Gasteiger partial charge in [0.15, 0.2) is 0 Å². The van der Waals surface area contributed by atoms with Gasteiger partial charge in [-0.25, -0.2) is 0 Å². The van der Waals surface area contributed by atoms with E-state index in [1.54, 1.807) is 39.8 Å². The lowest BCUT2D eigenvalue weighted by atomic mass is 9.86. The van der Waals surface area contributed by atoms with E-state index in [2.05, 4.69) is 0 Å². The second kappa shape index (κ2) is 10.5. The summed E-state index contributed by atoms with van der Waals surface area (Å²) in [5.74, 6) is -1.63. The number of carboxylic acids is 2. The third-order valence-electron chi connectivity index (χ3n) is 6.47. The Morgan fingerprint density at radius 2 is 1.09 bits per heavy atom. The van der Waals surface area contributed by atoms with Gasteiger partial charge in [0.05, 0.1) is 10.8 Å². The number of hydrogen-bond acceptors (Lipinski definition) is 4. The molecule has 0 radical (unpaired) electrons. The third-order valence-corrected chi connectivity index (χ3v) is 6.47. The Morgan fingerprint density at radius 3 is 1.41 bits per heavy atom. The van der Waals surface area contributed by atoms with Gasteiger partial charge in [-0.05, 0) is 88.5 Å². The molecule has 0 saturated carbocycles. The molecule has 32 heavy (non-hydrogen) atoms. The van der Waals surface area contributed by atoms with Crippen LogP contribution >= 0.6 is 0 Å². The third kappa shape index (κ3) is 6.53. The van der Waals surface area contributed by atoms with Gasteiger partial charge in [-0.15, -0.1) is 0 Å². The van der Waals surface area contributed by atoms with Gasteiger partial charge in [-0.2, -0.15) is 0 Å². The normalized spacial score (nSPS) is 21.4. The van der Waals surface area contributed by atoms with Gasteiger partial charge >= 0.3 is 11.9 Å². The van der Waals surface area contributed by atoms with Gasteiger partial charge in [0.1, 0.15) is 12.2 Å². The molecule has 0 heterocycles. The molecule has 6 heteroatoms. The van der Waals surface area contributed by atoms with Crippen molar-refractivity contribution in [1.82, 2.24) is 0 Å². The van der Waals surface area contributed by atoms with Crippen LogP contribution in [0.15, 0.2) is 58.7 Å². The molecule has 0 fully saturated rings. The zero-order valence-corrected chi connectivity index (χ0v) is 19.5. The number of allylic oxidation sites excluding steroid dienone is 4. The average Bonchev–Trinajstić information content (AvgIpc) is 3.22. The fourth-order valence-electron chi connectivity index (χ4n) is 3.81. The summed E-state index contributed by atoms with van der Waals surface area (Å²) in [6.07, 6.45) is 13.3. The van der Waals surface area contributed by atoms with E-state index < -0.39 is 35.0 Å². The maximum absolute atomic E-state index is 11.2. The number of aliphatic hydroxyl groups excluding tert-OH is 2. The van der Waals surface area contributed by atoms with Crippen LogP contribution in [0.5, 0.6) is 0 Å². The van der Waals surface area contributed by atoms with Gasteiger partial charge in [0.25, 0.3) is 0 Å². The molecule has 176 valence electrons. The highest BCUT2D eigenvalue weighted by atomic mass is 16.4. The first-order valence-electron chi connectivity index (χ1n) is 11.2. The summed E-state index contributed by atoms with van der Waals surface area (Å²) in [6.45, 7) is 6.82. The van der Waals surface area contributed by atoms with Crippen molar-refractivity contribution in [3.8, 4) is 0 Å². The Morgan fingerprint density at radius 1 is 0.750 bits per heavy atom. The Hall–Kier alpha value is -2.44. The van der Waals surface area contributed by atoms with E-state index in [1.165, 1.54) is 0 Å². The van der Waals surface area contributed by atoms with E-state index in [1.807, 2.05) is 24.3 Å². The summed E-state index contributed by atoms with van der Waals surface area (Å²) in [4.78, 5) is 22.4. The average molecular weight is 445 g/mol. The van der Waals surface area contributed by atoms with Crippen molar-refractivity contribution >= 4 is 11.9 Å². The minimum Gasteiger partial charge on any atom is -0.481 e. The van der Waals surface area contributed by atoms with Crippen LogP contribution in [0.2, 0.25) is 0 Å². The first-order chi connectivity index (χ1) is 14.8. The number of aliphatic hydroxyl groups is 2. The van der Waals surface area contributed by atoms with E-state index in [4.69, 9.17) is 0 Å². The van der Waals surface area contributed by atoms with Gasteiger partial charge < -0.3 is 20.4 Å². The predicted octanol–water partition coefficient (Wildman–Crippen LogP) is 4.56. The first kappa shape index (κ1) is 25.8. The van der Waals surface area contributed by atoms with Crippen LogP contribution in [-0.2, 0) is 9.59 Å². The van der Waals surface area contributed by atoms with Crippen LogP contribution in [0.4, 0.5) is 0 Å². The second-order valence-electron chi connectivity index (χ2n) is 10.0. The summed E-state index contributed by atoms with van der Waals surface area (Å²) in [5, 5.41) is 39.6. The zero-order valence-electron chi connectivity index (χ0n) is 19.5. The molecule has 0 saturated heterocycles. The maximum atomic E-state index is 11.2. The molecule has 2 aliphatic rings. The van der Waals surface area contributed by atoms with Gasteiger partial charge in [0.2, 0.25) is 0 Å². The van der Waals surface area contributed by atoms with Gasteiger partial charge in [-0.1, -0.05) is 36.5 Å². The van der Waals surface area contributed by atoms with Crippen LogP contribution in [0.25, 0.3) is 0 Å². The quantitative estimate of drug-likeness (QED) is 0.351. The van der Waals surface area contributed by atoms with Gasteiger partial charge in [0, 0.05) is 0 Å². The van der Waals surface area contributed by atoms with E-state index in [0.29, 0.717) is 38.5 Å². The van der Waals surface area contributed by atoms with E-state index in [-0.39, 0.29) is 0 Å². The minimum absolute atomic E-state index is 0.536. The van der Waals surface area contributed by atoms with Crippen molar-refractivity contribution in [2.24, 2.45) is 10.8 Å². The van der Waals surface area contributed by atoms with Crippen LogP contribution in [0.1, 0.15) is 66.2 Å². The summed E-state index contributed by atoms with van der Waals surface area (Å²) >= 11 is 0. The van der Waals surface area contributed by atoms with Crippen LogP contribution in [-0.4, -0.2) is 44.6 Å². The van der Waals surface area contributed by atoms with Crippen molar-refractivity contribution < 1.29 is 30.0 Å². The fraction of sp³-hybridized carbons (Fsp3) is 0.538. The predicted molar refractivity (Wildman–Crippen MR) is 124 cm³/mol. The summed E-state index contributed by atoms with van der Waals surface area (Å²) < 4.78 is 0. The zero-order chi connectivity index (χ0) is 24.1. The Kier molecular flexibility index (Phi) is 8.43. The topological polar surface area (TPSA) is 115 Å². The fourth-order valence-corrected chi connectivity index (χ4v) is 3.81. The number of carboxylic acid groups (broad SMARTS) is 2. The summed E-state index contributed by atoms with van der Waals surface area (Å²) in [5.41, 5.74) is 1.65. The molecule has 2 unspecified atom stereocenters. The maximum Gasteiger partial charge on any atom is 0.309 e. The van der Waals surface area contributed by atoms with Crippen molar-refractivity contribution in [3.05, 3.63) is 58.7 Å². The molecule has 0 bridgehead atoms. The van der Waals surface area contributed by atoms with Crippen molar-refractivity contribution in [2.75, 3.05) is 0 Å². The molecular formula is C26H36O6. The molecule has 0 aromatic carbocycles. The van der Waals surface area contributed by atoms with Crippen molar-refractivity contribution in [1.29, 1.82) is 0 Å². The van der Waals surface area contributed by atoms with Crippen LogP contribution < -0.4 is 0 Å². The Labute approximate surface area is 190 Å². The number of rotatable bonds is 12. The van der Waals surface area contributed by atoms with Crippen LogP contribution in [0, 0.1) is 10.8 Å². The molecule has 0 amide bonds. The lowest BCUT2D eigenvalue weighted by Gasteiger charge is -2.20. The molecule has 0 aliphatic heterocycles. The van der Waals surface area contributed by atoms with Gasteiger partial charge in [-0.3, -0.25) is 9.59 Å². The van der Waals surface area contributed by atoms with E-state index in [9.17, 15) is 30.0 Å². The first-order valence-corrected chi connectivity index (χ1v) is 11.2. The van der Waals surface area contributed by atoms with E-state index >= 15 is 0 Å². The highest BCUT2D eigenvalue weighted by molar-refractivity contribution is 5.73. The molecular weight excluding hydrogens is 408 g/mol. The van der Waals surface area contributed by atoms with Crippen molar-refractivity contribution in [3.63, 3.8) is 0 Å². The standard InChI is InChI=1S/C26H36O6/c1-25(2,23(29)30)15-5-7-17-9-11-19(21(17)27)13-14-20-12-10-18(22(20)28)8-6-16-26(3,4)24(31)32/h9-14,21-22,27-28H,5-8,15-16H2,1-4H3,(H,29,30)(H,31,32). The van der Waals surface area contributed by atoms with E-state index in [0.717, 1.165) is 22.3 Å². The minimum atomic E-state index is -0.817. The molecule has 2 rings (SSSR count). The lowest BCUT2D eigenvalue weighted by molar-refractivity contribution is -0.148. The second-order valence-corrected chi connectivity index (χ2v) is 10.0. The molecule has 6 nitrogen and oxygen atoms in total. The molecule has 4 N–H and O–H groups in total. The Bertz CT molecular complexity index is 810. The van der Waals surface area contributed by atoms with Crippen molar-refractivity contribution in [2.45, 2.75) is 78.4 Å².